The van der Waals surface area contributed by atoms with E-state index < -0.39 is 17.5 Å². The Labute approximate surface area is 151 Å². The highest BCUT2D eigenvalue weighted by Gasteiger charge is 2.62. The topological polar surface area (TPSA) is 41.6 Å². The van der Waals surface area contributed by atoms with E-state index in [9.17, 15) is 13.6 Å². The smallest absolute Gasteiger partial charge is 0.254 e. The Bertz CT molecular complexity index is 739. The Morgan fingerprint density at radius 3 is 2.92 bits per heavy atom. The number of amides is 1. The molecule has 0 unspecified atom stereocenters. The van der Waals surface area contributed by atoms with E-state index in [1.54, 1.807) is 0 Å². The number of hydrogen-bond acceptors (Lipinski definition) is 3. The van der Waals surface area contributed by atoms with Crippen molar-refractivity contribution in [1.29, 1.82) is 0 Å². The number of likely N-dealkylation sites (tertiary alicyclic amines) is 1. The van der Waals surface area contributed by atoms with Crippen LogP contribution in [-0.2, 0) is 4.74 Å². The number of carbonyl (C=O) groups excluding carboxylic acids is 1. The van der Waals surface area contributed by atoms with Crippen molar-refractivity contribution >= 4 is 5.91 Å². The zero-order chi connectivity index (χ0) is 17.9. The Morgan fingerprint density at radius 1 is 1.31 bits per heavy atom. The summed E-state index contributed by atoms with van der Waals surface area (Å²) in [5.41, 5.74) is -0.136. The third kappa shape index (κ3) is 2.74. The van der Waals surface area contributed by atoms with Gasteiger partial charge in [0.1, 0.15) is 11.6 Å². The van der Waals surface area contributed by atoms with Gasteiger partial charge >= 0.3 is 0 Å². The highest BCUT2D eigenvalue weighted by atomic mass is 19.1. The largest absolute Gasteiger partial charge is 0.370 e. The molecule has 4 fully saturated rings. The summed E-state index contributed by atoms with van der Waals surface area (Å²) in [5, 5.41) is 2.86. The van der Waals surface area contributed by atoms with E-state index in [1.807, 2.05) is 0 Å². The SMILES string of the molecule is O=C(NC[C@H]1[C@H]2CN(CC3CC3)C[C@]23CC[C@H]1O3)c1ccc(F)cc1F. The van der Waals surface area contributed by atoms with Crippen molar-refractivity contribution in [3.05, 3.63) is 35.4 Å². The van der Waals surface area contributed by atoms with Crippen molar-refractivity contribution < 1.29 is 18.3 Å². The first kappa shape index (κ1) is 16.6. The lowest BCUT2D eigenvalue weighted by atomic mass is 9.73. The van der Waals surface area contributed by atoms with Crippen LogP contribution >= 0.6 is 0 Å². The minimum atomic E-state index is -0.820. The third-order valence-electron chi connectivity index (χ3n) is 6.74. The fourth-order valence-electron chi connectivity index (χ4n) is 5.34. The number of halogens is 2. The molecule has 1 aromatic rings. The summed E-state index contributed by atoms with van der Waals surface area (Å²) >= 11 is 0. The molecule has 1 aliphatic carbocycles. The summed E-state index contributed by atoms with van der Waals surface area (Å²) in [5.74, 6) is -0.392. The van der Waals surface area contributed by atoms with E-state index in [0.717, 1.165) is 44.0 Å². The van der Waals surface area contributed by atoms with Crippen molar-refractivity contribution in [3.63, 3.8) is 0 Å². The predicted octanol–water partition coefficient (Wildman–Crippen LogP) is 2.58. The summed E-state index contributed by atoms with van der Waals surface area (Å²) in [6, 6.07) is 3.06. The van der Waals surface area contributed by atoms with E-state index in [0.29, 0.717) is 12.5 Å². The zero-order valence-corrected chi connectivity index (χ0v) is 14.7. The van der Waals surface area contributed by atoms with Crippen molar-refractivity contribution in [2.24, 2.45) is 17.8 Å². The van der Waals surface area contributed by atoms with Gasteiger partial charge in [-0.25, -0.2) is 8.78 Å². The summed E-state index contributed by atoms with van der Waals surface area (Å²) < 4.78 is 33.2. The molecule has 0 radical (unpaired) electrons. The standard InChI is InChI=1S/C20H24F2N2O2/c21-13-3-4-14(17(22)7-13)19(25)23-8-15-16-10-24(9-12-1-2-12)11-20(16)6-5-18(15)26-20/h3-4,7,12,15-16,18H,1-2,5-6,8-11H2,(H,23,25)/t15-,16+,18+,20+/m0/s1. The van der Waals surface area contributed by atoms with Crippen LogP contribution in [0.3, 0.4) is 0 Å². The second-order valence-electron chi connectivity index (χ2n) is 8.50. The average molecular weight is 362 g/mol. The molecule has 140 valence electrons. The van der Waals surface area contributed by atoms with Crippen LogP contribution in [0.15, 0.2) is 18.2 Å². The van der Waals surface area contributed by atoms with Gasteiger partial charge in [-0.1, -0.05) is 0 Å². The maximum absolute atomic E-state index is 13.8. The Hall–Kier alpha value is -1.53. The van der Waals surface area contributed by atoms with Crippen LogP contribution in [0.25, 0.3) is 0 Å². The molecule has 2 bridgehead atoms. The van der Waals surface area contributed by atoms with Crippen molar-refractivity contribution in [3.8, 4) is 0 Å². The highest BCUT2D eigenvalue weighted by Crippen LogP contribution is 2.55. The molecule has 4 aliphatic rings. The first-order valence-corrected chi connectivity index (χ1v) is 9.67. The summed E-state index contributed by atoms with van der Waals surface area (Å²) in [6.07, 6.45) is 5.04. The van der Waals surface area contributed by atoms with E-state index in [-0.39, 0.29) is 23.2 Å². The van der Waals surface area contributed by atoms with Gasteiger partial charge < -0.3 is 10.1 Å². The van der Waals surface area contributed by atoms with Crippen LogP contribution in [0.4, 0.5) is 8.78 Å². The lowest BCUT2D eigenvalue weighted by Gasteiger charge is -2.29. The minimum absolute atomic E-state index is 0.0317. The normalized spacial score (nSPS) is 35.7. The lowest BCUT2D eigenvalue weighted by molar-refractivity contribution is 0.00244. The lowest BCUT2D eigenvalue weighted by Crippen LogP contribution is -2.42. The number of nitrogens with one attached hydrogen (secondary N) is 1. The first-order valence-electron chi connectivity index (χ1n) is 9.67. The summed E-state index contributed by atoms with van der Waals surface area (Å²) in [7, 11) is 0. The Kier molecular flexibility index (Phi) is 3.83. The molecule has 1 N–H and O–H groups in total. The Morgan fingerprint density at radius 2 is 2.15 bits per heavy atom. The summed E-state index contributed by atoms with van der Waals surface area (Å²) in [6.45, 7) is 3.72. The van der Waals surface area contributed by atoms with Crippen LogP contribution in [0.2, 0.25) is 0 Å². The number of ether oxygens (including phenoxy) is 1. The third-order valence-corrected chi connectivity index (χ3v) is 6.74. The molecule has 3 heterocycles. The molecule has 3 saturated heterocycles. The van der Waals surface area contributed by atoms with Crippen molar-refractivity contribution in [2.45, 2.75) is 37.4 Å². The van der Waals surface area contributed by atoms with Gasteiger partial charge in [0.05, 0.1) is 17.3 Å². The molecule has 1 aromatic carbocycles. The maximum Gasteiger partial charge on any atom is 0.254 e. The number of benzene rings is 1. The predicted molar refractivity (Wildman–Crippen MR) is 91.7 cm³/mol. The van der Waals surface area contributed by atoms with Gasteiger partial charge in [-0.05, 0) is 43.7 Å². The van der Waals surface area contributed by atoms with Gasteiger partial charge in [0.15, 0.2) is 0 Å². The van der Waals surface area contributed by atoms with Gasteiger partial charge in [-0.3, -0.25) is 9.69 Å². The fraction of sp³-hybridized carbons (Fsp3) is 0.650. The fourth-order valence-corrected chi connectivity index (χ4v) is 5.34. The molecular formula is C20H24F2N2O2. The first-order chi connectivity index (χ1) is 12.5. The molecule has 6 heteroatoms. The number of carbonyl (C=O) groups is 1. The van der Waals surface area contributed by atoms with Crippen LogP contribution in [0.5, 0.6) is 0 Å². The minimum Gasteiger partial charge on any atom is -0.370 e. The van der Waals surface area contributed by atoms with Gasteiger partial charge in [0, 0.05) is 44.1 Å². The van der Waals surface area contributed by atoms with Crippen LogP contribution < -0.4 is 5.32 Å². The molecule has 26 heavy (non-hydrogen) atoms. The van der Waals surface area contributed by atoms with E-state index in [1.165, 1.54) is 25.5 Å². The van der Waals surface area contributed by atoms with Gasteiger partial charge in [0.2, 0.25) is 0 Å². The molecule has 0 aromatic heterocycles. The number of hydrogen-bond donors (Lipinski definition) is 1. The molecule has 4 nitrogen and oxygen atoms in total. The monoisotopic (exact) mass is 362 g/mol. The number of fused-ring (bicyclic) bond motifs is 1. The maximum atomic E-state index is 13.8. The van der Waals surface area contributed by atoms with Crippen LogP contribution in [0.1, 0.15) is 36.0 Å². The number of nitrogens with zero attached hydrogens (tertiary/aromatic N) is 1. The second-order valence-corrected chi connectivity index (χ2v) is 8.50. The van der Waals surface area contributed by atoms with Crippen molar-refractivity contribution in [2.75, 3.05) is 26.2 Å². The van der Waals surface area contributed by atoms with Gasteiger partial charge in [0.25, 0.3) is 5.91 Å². The number of rotatable bonds is 5. The zero-order valence-electron chi connectivity index (χ0n) is 14.7. The van der Waals surface area contributed by atoms with E-state index in [2.05, 4.69) is 10.2 Å². The van der Waals surface area contributed by atoms with Crippen LogP contribution in [-0.4, -0.2) is 48.7 Å². The second kappa shape index (κ2) is 5.99. The molecule has 1 amide bonds. The molecule has 1 saturated carbocycles. The van der Waals surface area contributed by atoms with E-state index in [4.69, 9.17) is 4.74 Å². The quantitative estimate of drug-likeness (QED) is 0.875. The molecule has 4 atom stereocenters. The van der Waals surface area contributed by atoms with Gasteiger partial charge in [-0.15, -0.1) is 0 Å². The van der Waals surface area contributed by atoms with Gasteiger partial charge in [-0.2, -0.15) is 0 Å². The molecule has 5 rings (SSSR count). The molecular weight excluding hydrogens is 338 g/mol. The van der Waals surface area contributed by atoms with Crippen LogP contribution in [0, 0.1) is 29.4 Å². The Balaban J connectivity index is 1.25. The average Bonchev–Trinajstić information content (AvgIpc) is 3.09. The van der Waals surface area contributed by atoms with E-state index >= 15 is 0 Å². The molecule has 1 spiro atoms. The summed E-state index contributed by atoms with van der Waals surface area (Å²) in [4.78, 5) is 14.9. The highest BCUT2D eigenvalue weighted by molar-refractivity contribution is 5.94. The van der Waals surface area contributed by atoms with Crippen molar-refractivity contribution in [1.82, 2.24) is 10.2 Å². The molecule has 3 aliphatic heterocycles.